The van der Waals surface area contributed by atoms with Crippen molar-refractivity contribution in [1.29, 1.82) is 0 Å². The summed E-state index contributed by atoms with van der Waals surface area (Å²) in [6, 6.07) is 10.3. The van der Waals surface area contributed by atoms with Crippen LogP contribution in [0.2, 0.25) is 18.1 Å². The van der Waals surface area contributed by atoms with Crippen LogP contribution >= 0.6 is 0 Å². The molecule has 1 saturated carbocycles. The van der Waals surface area contributed by atoms with E-state index in [2.05, 4.69) is 64.2 Å². The van der Waals surface area contributed by atoms with Crippen LogP contribution in [0.4, 0.5) is 0 Å². The molecule has 1 unspecified atom stereocenters. The second-order valence-electron chi connectivity index (χ2n) is 9.36. The summed E-state index contributed by atoms with van der Waals surface area (Å²) < 4.78 is 6.57. The molecule has 2 nitrogen and oxygen atoms in total. The Morgan fingerprint density at radius 1 is 1.15 bits per heavy atom. The van der Waals surface area contributed by atoms with Gasteiger partial charge in [0, 0.05) is 12.5 Å². The van der Waals surface area contributed by atoms with E-state index >= 15 is 0 Å². The van der Waals surface area contributed by atoms with Crippen LogP contribution in [-0.4, -0.2) is 20.7 Å². The van der Waals surface area contributed by atoms with Gasteiger partial charge in [-0.15, -0.1) is 0 Å². The number of Topliss-reactive ketones (excluding diaryl/α,β-unsaturated/α-hetero) is 1. The molecular formula is C23H32O2Si. The molecule has 1 aromatic rings. The molecule has 2 aliphatic carbocycles. The minimum atomic E-state index is -1.83. The quantitative estimate of drug-likeness (QED) is 0.620. The minimum Gasteiger partial charge on any atom is -0.417 e. The monoisotopic (exact) mass is 368 g/mol. The molecule has 0 bridgehead atoms. The number of carbonyl (C=O) groups is 1. The Hall–Kier alpha value is -1.45. The van der Waals surface area contributed by atoms with Crippen LogP contribution in [0.1, 0.15) is 45.1 Å². The topological polar surface area (TPSA) is 26.3 Å². The summed E-state index contributed by atoms with van der Waals surface area (Å²) in [5.41, 5.74) is 0.757. The Bertz CT molecular complexity index is 711. The molecule has 1 aromatic carbocycles. The number of benzene rings is 1. The third-order valence-corrected chi connectivity index (χ3v) is 11.3. The lowest BCUT2D eigenvalue weighted by molar-refractivity contribution is -0.126. The van der Waals surface area contributed by atoms with Gasteiger partial charge in [0.05, 0.1) is 5.41 Å². The van der Waals surface area contributed by atoms with Crippen molar-refractivity contribution < 1.29 is 9.22 Å². The van der Waals surface area contributed by atoms with Gasteiger partial charge in [-0.25, -0.2) is 0 Å². The molecule has 0 heterocycles. The van der Waals surface area contributed by atoms with Crippen LogP contribution < -0.4 is 0 Å². The molecule has 3 atom stereocenters. The zero-order valence-electron chi connectivity index (χ0n) is 16.8. The molecule has 3 heteroatoms. The fourth-order valence-corrected chi connectivity index (χ4v) is 5.02. The fraction of sp³-hybridized carbons (Fsp3) is 0.522. The number of hydrogen-bond donors (Lipinski definition) is 0. The Kier molecular flexibility index (Phi) is 5.15. The molecule has 3 rings (SSSR count). The van der Waals surface area contributed by atoms with Gasteiger partial charge in [-0.1, -0.05) is 75.4 Å². The molecule has 0 N–H and O–H groups in total. The van der Waals surface area contributed by atoms with E-state index in [0.29, 0.717) is 12.4 Å². The highest BCUT2D eigenvalue weighted by atomic mass is 28.4. The summed E-state index contributed by atoms with van der Waals surface area (Å²) in [6.45, 7) is 12.1. The first kappa shape index (κ1) is 19.3. The highest BCUT2D eigenvalue weighted by molar-refractivity contribution is 6.74. The largest absolute Gasteiger partial charge is 0.417 e. The number of ketones is 1. The van der Waals surface area contributed by atoms with Gasteiger partial charge in [-0.05, 0) is 42.5 Å². The van der Waals surface area contributed by atoms with Gasteiger partial charge in [-0.3, -0.25) is 4.79 Å². The van der Waals surface area contributed by atoms with Crippen LogP contribution in [0.25, 0.3) is 0 Å². The zero-order chi connectivity index (χ0) is 19.0. The second-order valence-corrected chi connectivity index (χ2v) is 14.2. The molecule has 0 aliphatic heterocycles. The van der Waals surface area contributed by atoms with Gasteiger partial charge in [-0.2, -0.15) is 0 Å². The normalized spacial score (nSPS) is 28.9. The van der Waals surface area contributed by atoms with E-state index in [1.54, 1.807) is 0 Å². The van der Waals surface area contributed by atoms with Crippen molar-refractivity contribution in [3.63, 3.8) is 0 Å². The molecule has 140 valence electrons. The average Bonchev–Trinajstić information content (AvgIpc) is 2.86. The highest BCUT2D eigenvalue weighted by Crippen LogP contribution is 2.52. The number of rotatable bonds is 4. The van der Waals surface area contributed by atoms with Crippen LogP contribution in [-0.2, 0) is 9.22 Å². The molecule has 2 aliphatic rings. The molecule has 0 radical (unpaired) electrons. The summed E-state index contributed by atoms with van der Waals surface area (Å²) in [4.78, 5) is 13.5. The number of hydrogen-bond acceptors (Lipinski definition) is 2. The first-order valence-electron chi connectivity index (χ1n) is 9.75. The molecule has 0 aromatic heterocycles. The van der Waals surface area contributed by atoms with E-state index < -0.39 is 13.7 Å². The standard InChI is InChI=1S/C23H32O2Si/c1-22(2,3)26(4,5)25-17-19-16-20(18-12-8-6-9-13-18)21(24)23(19)14-10-7-11-15-23/h6-14,19-20H,15-17H2,1-5H3/t19-,20?,23-/m0/s1. The van der Waals surface area contributed by atoms with Crippen molar-refractivity contribution in [2.24, 2.45) is 11.3 Å². The number of carbonyl (C=O) groups excluding carboxylic acids is 1. The predicted molar refractivity (Wildman–Crippen MR) is 111 cm³/mol. The summed E-state index contributed by atoms with van der Waals surface area (Å²) >= 11 is 0. The van der Waals surface area contributed by atoms with E-state index in [1.807, 2.05) is 24.3 Å². The molecule has 1 fully saturated rings. The van der Waals surface area contributed by atoms with Crippen LogP contribution in [0.5, 0.6) is 0 Å². The average molecular weight is 369 g/mol. The maximum atomic E-state index is 13.5. The Morgan fingerprint density at radius 2 is 1.85 bits per heavy atom. The van der Waals surface area contributed by atoms with Crippen LogP contribution in [0.15, 0.2) is 54.6 Å². The van der Waals surface area contributed by atoms with Gasteiger partial charge in [0.25, 0.3) is 0 Å². The summed E-state index contributed by atoms with van der Waals surface area (Å²) in [6.07, 6.45) is 10.1. The fourth-order valence-electron chi connectivity index (χ4n) is 3.96. The Labute approximate surface area is 159 Å². The van der Waals surface area contributed by atoms with Gasteiger partial charge >= 0.3 is 0 Å². The maximum Gasteiger partial charge on any atom is 0.191 e. The molecular weight excluding hydrogens is 336 g/mol. The smallest absolute Gasteiger partial charge is 0.191 e. The Morgan fingerprint density at radius 3 is 2.42 bits per heavy atom. The van der Waals surface area contributed by atoms with Crippen LogP contribution in [0.3, 0.4) is 0 Å². The highest BCUT2D eigenvalue weighted by Gasteiger charge is 2.53. The van der Waals surface area contributed by atoms with E-state index in [-0.39, 0.29) is 16.9 Å². The van der Waals surface area contributed by atoms with E-state index in [4.69, 9.17) is 4.43 Å². The van der Waals surface area contributed by atoms with Crippen molar-refractivity contribution in [1.82, 2.24) is 0 Å². The van der Waals surface area contributed by atoms with Crippen LogP contribution in [0, 0.1) is 11.3 Å². The first-order chi connectivity index (χ1) is 12.2. The van der Waals surface area contributed by atoms with Gasteiger partial charge in [0.15, 0.2) is 14.1 Å². The van der Waals surface area contributed by atoms with Crippen molar-refractivity contribution >= 4 is 14.1 Å². The van der Waals surface area contributed by atoms with Crippen molar-refractivity contribution in [3.05, 3.63) is 60.2 Å². The van der Waals surface area contributed by atoms with E-state index in [1.165, 1.54) is 0 Å². The number of allylic oxidation sites excluding steroid dienone is 4. The molecule has 0 amide bonds. The predicted octanol–water partition coefficient (Wildman–Crippen LogP) is 5.88. The lowest BCUT2D eigenvalue weighted by atomic mass is 9.72. The SMILES string of the molecule is CC(C)(C)[Si](C)(C)OC[C@@H]1CC(c2ccccc2)C(=O)[C@]12C=CC=CC2. The van der Waals surface area contributed by atoms with Crippen molar-refractivity contribution in [2.75, 3.05) is 6.61 Å². The summed E-state index contributed by atoms with van der Waals surface area (Å²) in [5.74, 6) is 0.601. The zero-order valence-corrected chi connectivity index (χ0v) is 17.8. The van der Waals surface area contributed by atoms with Crippen molar-refractivity contribution in [3.8, 4) is 0 Å². The second kappa shape index (κ2) is 6.93. The lowest BCUT2D eigenvalue weighted by Gasteiger charge is -2.39. The molecule has 1 spiro atoms. The lowest BCUT2D eigenvalue weighted by Crippen LogP contribution is -2.44. The van der Waals surface area contributed by atoms with Gasteiger partial charge in [0.1, 0.15) is 0 Å². The summed E-state index contributed by atoms with van der Waals surface area (Å²) in [5, 5.41) is 0.184. The Balaban J connectivity index is 1.86. The minimum absolute atomic E-state index is 0.0136. The van der Waals surface area contributed by atoms with E-state index in [0.717, 1.165) is 18.4 Å². The summed E-state index contributed by atoms with van der Waals surface area (Å²) in [7, 11) is -1.83. The van der Waals surface area contributed by atoms with E-state index in [9.17, 15) is 4.79 Å². The maximum absolute atomic E-state index is 13.5. The molecule has 0 saturated heterocycles. The van der Waals surface area contributed by atoms with Gasteiger partial charge < -0.3 is 4.43 Å². The third kappa shape index (κ3) is 3.39. The van der Waals surface area contributed by atoms with Gasteiger partial charge in [0.2, 0.25) is 0 Å². The molecule has 26 heavy (non-hydrogen) atoms. The van der Waals surface area contributed by atoms with Crippen molar-refractivity contribution in [2.45, 2.75) is 57.7 Å². The first-order valence-corrected chi connectivity index (χ1v) is 12.7. The third-order valence-electron chi connectivity index (χ3n) is 6.77.